The topological polar surface area (TPSA) is 48.4 Å². The van der Waals surface area contributed by atoms with Crippen LogP contribution in [0.25, 0.3) is 0 Å². The average molecular weight is 313 g/mol. The standard InChI is InChI=1S/C12H12F5NO3/c1-3-21-8(19)4-6-10(12(15,16)17)9(11(13)14)7(20-2)5-18-6/h5,11H,3-4H2,1-2H3. The molecular weight excluding hydrogens is 301 g/mol. The number of rotatable bonds is 5. The fraction of sp³-hybridized carbons (Fsp3) is 0.500. The molecule has 4 nitrogen and oxygen atoms in total. The molecule has 0 aliphatic carbocycles. The summed E-state index contributed by atoms with van der Waals surface area (Å²) in [6.07, 6.45) is -8.66. The number of hydrogen-bond donors (Lipinski definition) is 0. The summed E-state index contributed by atoms with van der Waals surface area (Å²) in [6, 6.07) is 0. The molecule has 1 aromatic heterocycles. The molecule has 118 valence electrons. The van der Waals surface area contributed by atoms with Gasteiger partial charge in [0.15, 0.2) is 0 Å². The molecule has 9 heteroatoms. The minimum absolute atomic E-state index is 0.0436. The molecule has 0 N–H and O–H groups in total. The van der Waals surface area contributed by atoms with Gasteiger partial charge in [-0.05, 0) is 6.92 Å². The van der Waals surface area contributed by atoms with E-state index < -0.39 is 47.6 Å². The zero-order chi connectivity index (χ0) is 16.2. The zero-order valence-electron chi connectivity index (χ0n) is 11.1. The van der Waals surface area contributed by atoms with Crippen LogP contribution in [0.5, 0.6) is 5.75 Å². The van der Waals surface area contributed by atoms with Gasteiger partial charge in [0.1, 0.15) is 5.75 Å². The Balaban J connectivity index is 3.44. The number of aromatic nitrogens is 1. The van der Waals surface area contributed by atoms with Crippen molar-refractivity contribution in [3.8, 4) is 5.75 Å². The van der Waals surface area contributed by atoms with Crippen molar-refractivity contribution in [2.75, 3.05) is 13.7 Å². The van der Waals surface area contributed by atoms with Gasteiger partial charge >= 0.3 is 12.1 Å². The first kappa shape index (κ1) is 17.1. The summed E-state index contributed by atoms with van der Waals surface area (Å²) in [5.41, 5.74) is -3.82. The maximum Gasteiger partial charge on any atom is 0.418 e. The smallest absolute Gasteiger partial charge is 0.418 e. The predicted molar refractivity (Wildman–Crippen MR) is 61.1 cm³/mol. The second-order valence-corrected chi connectivity index (χ2v) is 3.84. The highest BCUT2D eigenvalue weighted by Gasteiger charge is 2.41. The number of pyridine rings is 1. The van der Waals surface area contributed by atoms with E-state index in [4.69, 9.17) is 0 Å². The summed E-state index contributed by atoms with van der Waals surface area (Å²) in [5.74, 6) is -1.68. The van der Waals surface area contributed by atoms with Gasteiger partial charge in [-0.25, -0.2) is 8.78 Å². The second-order valence-electron chi connectivity index (χ2n) is 3.84. The van der Waals surface area contributed by atoms with Crippen molar-refractivity contribution in [2.45, 2.75) is 25.9 Å². The van der Waals surface area contributed by atoms with Crippen LogP contribution in [0.4, 0.5) is 22.0 Å². The number of halogens is 5. The lowest BCUT2D eigenvalue weighted by molar-refractivity contribution is -0.144. The van der Waals surface area contributed by atoms with Gasteiger partial charge in [0.25, 0.3) is 6.43 Å². The van der Waals surface area contributed by atoms with Crippen molar-refractivity contribution in [1.29, 1.82) is 0 Å². The van der Waals surface area contributed by atoms with E-state index in [0.29, 0.717) is 0 Å². The Morgan fingerprint density at radius 1 is 1.38 bits per heavy atom. The SMILES string of the molecule is CCOC(=O)Cc1ncc(OC)c(C(F)F)c1C(F)(F)F. The van der Waals surface area contributed by atoms with Crippen LogP contribution < -0.4 is 4.74 Å². The van der Waals surface area contributed by atoms with Crippen LogP contribution >= 0.6 is 0 Å². The molecule has 1 aromatic rings. The minimum atomic E-state index is -5.10. The number of carbonyl (C=O) groups is 1. The largest absolute Gasteiger partial charge is 0.495 e. The Bertz CT molecular complexity index is 516. The predicted octanol–water partition coefficient (Wildman–Crippen LogP) is 3.15. The molecular formula is C12H12F5NO3. The lowest BCUT2D eigenvalue weighted by Gasteiger charge is -2.18. The third kappa shape index (κ3) is 4.02. The highest BCUT2D eigenvalue weighted by Crippen LogP contribution is 2.42. The second kappa shape index (κ2) is 6.68. The summed E-state index contributed by atoms with van der Waals surface area (Å²) in [7, 11) is 0.952. The molecule has 21 heavy (non-hydrogen) atoms. The van der Waals surface area contributed by atoms with E-state index in [9.17, 15) is 26.7 Å². The van der Waals surface area contributed by atoms with E-state index in [0.717, 1.165) is 13.3 Å². The Kier molecular flexibility index (Phi) is 5.45. The van der Waals surface area contributed by atoms with Gasteiger partial charge in [0.05, 0.1) is 43.2 Å². The molecule has 0 unspecified atom stereocenters. The van der Waals surface area contributed by atoms with Crippen molar-refractivity contribution in [3.05, 3.63) is 23.0 Å². The van der Waals surface area contributed by atoms with Crippen LogP contribution in [0.15, 0.2) is 6.20 Å². The molecule has 0 fully saturated rings. The maximum atomic E-state index is 13.0. The van der Waals surface area contributed by atoms with Crippen LogP contribution in [-0.4, -0.2) is 24.7 Å². The molecule has 0 amide bonds. The van der Waals surface area contributed by atoms with Gasteiger partial charge in [-0.1, -0.05) is 0 Å². The van der Waals surface area contributed by atoms with Crippen LogP contribution in [0, 0.1) is 0 Å². The van der Waals surface area contributed by atoms with Gasteiger partial charge in [-0.3, -0.25) is 9.78 Å². The van der Waals surface area contributed by atoms with E-state index in [1.54, 1.807) is 0 Å². The first-order valence-electron chi connectivity index (χ1n) is 5.79. The first-order valence-corrected chi connectivity index (χ1v) is 5.79. The average Bonchev–Trinajstić information content (AvgIpc) is 2.36. The number of ether oxygens (including phenoxy) is 2. The van der Waals surface area contributed by atoms with Gasteiger partial charge in [0.2, 0.25) is 0 Å². The molecule has 0 radical (unpaired) electrons. The number of methoxy groups -OCH3 is 1. The Morgan fingerprint density at radius 2 is 2.00 bits per heavy atom. The van der Waals surface area contributed by atoms with E-state index >= 15 is 0 Å². The normalized spacial score (nSPS) is 11.6. The molecule has 0 aliphatic heterocycles. The van der Waals surface area contributed by atoms with E-state index in [1.165, 1.54) is 6.92 Å². The molecule has 0 aromatic carbocycles. The Labute approximate surface area is 116 Å². The fourth-order valence-corrected chi connectivity index (χ4v) is 1.73. The van der Waals surface area contributed by atoms with E-state index in [2.05, 4.69) is 14.5 Å². The van der Waals surface area contributed by atoms with Crippen molar-refractivity contribution in [2.24, 2.45) is 0 Å². The Morgan fingerprint density at radius 3 is 2.43 bits per heavy atom. The third-order valence-electron chi connectivity index (χ3n) is 2.50. The van der Waals surface area contributed by atoms with Crippen molar-refractivity contribution in [1.82, 2.24) is 4.98 Å². The molecule has 0 bridgehead atoms. The quantitative estimate of drug-likeness (QED) is 0.619. The lowest BCUT2D eigenvalue weighted by Crippen LogP contribution is -2.19. The van der Waals surface area contributed by atoms with Crippen molar-refractivity contribution < 1.29 is 36.2 Å². The lowest BCUT2D eigenvalue weighted by atomic mass is 10.0. The van der Waals surface area contributed by atoms with Crippen LogP contribution in [0.2, 0.25) is 0 Å². The molecule has 0 spiro atoms. The summed E-state index contributed by atoms with van der Waals surface area (Å²) < 4.78 is 74.0. The highest BCUT2D eigenvalue weighted by atomic mass is 19.4. The summed E-state index contributed by atoms with van der Waals surface area (Å²) in [5, 5.41) is 0. The van der Waals surface area contributed by atoms with Crippen LogP contribution in [-0.2, 0) is 22.1 Å². The van der Waals surface area contributed by atoms with Gasteiger partial charge < -0.3 is 9.47 Å². The number of alkyl halides is 5. The van der Waals surface area contributed by atoms with E-state index in [1.807, 2.05) is 0 Å². The molecule has 0 aliphatic rings. The number of hydrogen-bond acceptors (Lipinski definition) is 4. The minimum Gasteiger partial charge on any atom is -0.495 e. The fourth-order valence-electron chi connectivity index (χ4n) is 1.73. The number of carbonyl (C=O) groups excluding carboxylic acids is 1. The summed E-state index contributed by atoms with van der Waals surface area (Å²) in [4.78, 5) is 14.7. The number of esters is 1. The third-order valence-corrected chi connectivity index (χ3v) is 2.50. The maximum absolute atomic E-state index is 13.0. The van der Waals surface area contributed by atoms with Crippen LogP contribution in [0.1, 0.15) is 30.2 Å². The van der Waals surface area contributed by atoms with Crippen molar-refractivity contribution >= 4 is 5.97 Å². The number of nitrogens with zero attached hydrogens (tertiary/aromatic N) is 1. The first-order chi connectivity index (χ1) is 9.72. The van der Waals surface area contributed by atoms with Crippen LogP contribution in [0.3, 0.4) is 0 Å². The Hall–Kier alpha value is -1.93. The van der Waals surface area contributed by atoms with Gasteiger partial charge in [0, 0.05) is 0 Å². The van der Waals surface area contributed by atoms with Gasteiger partial charge in [-0.2, -0.15) is 13.2 Å². The summed E-state index contributed by atoms with van der Waals surface area (Å²) >= 11 is 0. The molecule has 0 saturated carbocycles. The highest BCUT2D eigenvalue weighted by molar-refractivity contribution is 5.72. The molecule has 0 atom stereocenters. The summed E-state index contributed by atoms with van der Waals surface area (Å²) in [6.45, 7) is 1.42. The van der Waals surface area contributed by atoms with E-state index in [-0.39, 0.29) is 6.61 Å². The zero-order valence-corrected chi connectivity index (χ0v) is 11.1. The van der Waals surface area contributed by atoms with Crippen molar-refractivity contribution in [3.63, 3.8) is 0 Å². The monoisotopic (exact) mass is 313 g/mol. The molecule has 1 rings (SSSR count). The van der Waals surface area contributed by atoms with Gasteiger partial charge in [-0.15, -0.1) is 0 Å². The molecule has 0 saturated heterocycles. The molecule has 1 heterocycles.